The first kappa shape index (κ1) is 8.80. The molecule has 0 saturated heterocycles. The highest BCUT2D eigenvalue weighted by Gasteiger charge is 2.13. The lowest BCUT2D eigenvalue weighted by Gasteiger charge is -2.02. The average molecular weight is 286 g/mol. The number of benzene rings is 1. The van der Waals surface area contributed by atoms with Crippen LogP contribution in [0.2, 0.25) is 0 Å². The fourth-order valence-corrected chi connectivity index (χ4v) is 1.68. The monoisotopic (exact) mass is 284 g/mol. The second-order valence-corrected chi connectivity index (χ2v) is 3.56. The van der Waals surface area contributed by atoms with Crippen molar-refractivity contribution in [3.63, 3.8) is 0 Å². The van der Waals surface area contributed by atoms with Crippen molar-refractivity contribution < 1.29 is 14.6 Å². The average Bonchev–Trinajstić information content (AvgIpc) is 1.97. The smallest absolute Gasteiger partial charge is 0.208 e. The maximum absolute atomic E-state index is 12.7. The highest BCUT2D eigenvalue weighted by Crippen LogP contribution is 2.38. The normalized spacial score (nSPS) is 10.1. The van der Waals surface area contributed by atoms with Crippen molar-refractivity contribution in [3.05, 3.63) is 20.8 Å². The molecule has 0 aliphatic heterocycles. The summed E-state index contributed by atoms with van der Waals surface area (Å²) < 4.78 is 13.1. The number of phenolic OH excluding ortho intramolecular Hbond substituents is 2. The van der Waals surface area contributed by atoms with Gasteiger partial charge in [-0.2, -0.15) is 4.39 Å². The molecule has 1 aromatic rings. The van der Waals surface area contributed by atoms with Crippen LogP contribution in [-0.2, 0) is 0 Å². The Morgan fingerprint density at radius 2 is 1.45 bits per heavy atom. The summed E-state index contributed by atoms with van der Waals surface area (Å²) in [6.07, 6.45) is 0. The van der Waals surface area contributed by atoms with Gasteiger partial charge in [0.25, 0.3) is 0 Å². The van der Waals surface area contributed by atoms with Crippen LogP contribution in [0.25, 0.3) is 0 Å². The van der Waals surface area contributed by atoms with Gasteiger partial charge in [-0.05, 0) is 37.9 Å². The van der Waals surface area contributed by atoms with Crippen molar-refractivity contribution in [1.82, 2.24) is 0 Å². The molecule has 0 bridgehead atoms. The van der Waals surface area contributed by atoms with Crippen molar-refractivity contribution in [2.24, 2.45) is 0 Å². The van der Waals surface area contributed by atoms with E-state index >= 15 is 0 Å². The number of hydrogen-bond donors (Lipinski definition) is 2. The van der Waals surface area contributed by atoms with E-state index in [1.54, 1.807) is 0 Å². The van der Waals surface area contributed by atoms with Crippen molar-refractivity contribution in [2.45, 2.75) is 0 Å². The fourth-order valence-electron chi connectivity index (χ4n) is 0.570. The fraction of sp³-hybridized carbons (Fsp3) is 0. The van der Waals surface area contributed by atoms with E-state index in [4.69, 9.17) is 10.2 Å². The molecule has 0 aromatic heterocycles. The third-order valence-corrected chi connectivity index (χ3v) is 2.33. The Labute approximate surface area is 78.9 Å². The van der Waals surface area contributed by atoms with Crippen LogP contribution in [-0.4, -0.2) is 10.2 Å². The third-order valence-electron chi connectivity index (χ3n) is 1.12. The minimum absolute atomic E-state index is 0.194. The first-order valence-electron chi connectivity index (χ1n) is 2.59. The predicted octanol–water partition coefficient (Wildman–Crippen LogP) is 2.76. The summed E-state index contributed by atoms with van der Waals surface area (Å²) in [7, 11) is 0. The van der Waals surface area contributed by atoms with E-state index in [0.717, 1.165) is 0 Å². The highest BCUT2D eigenvalue weighted by atomic mass is 79.9. The summed E-state index contributed by atoms with van der Waals surface area (Å²) in [6, 6.07) is 1.35. The Balaban J connectivity index is 3.46. The van der Waals surface area contributed by atoms with Gasteiger partial charge in [-0.3, -0.25) is 0 Å². The predicted molar refractivity (Wildman–Crippen MR) is 45.1 cm³/mol. The topological polar surface area (TPSA) is 40.5 Å². The molecule has 1 rings (SSSR count). The molecule has 0 radical (unpaired) electrons. The van der Waals surface area contributed by atoms with Crippen LogP contribution in [0.3, 0.4) is 0 Å². The van der Waals surface area contributed by atoms with Crippen LogP contribution in [0.5, 0.6) is 11.5 Å². The molecular weight excluding hydrogens is 283 g/mol. The largest absolute Gasteiger partial charge is 0.504 e. The van der Waals surface area contributed by atoms with Crippen LogP contribution in [0.1, 0.15) is 0 Å². The first-order valence-corrected chi connectivity index (χ1v) is 4.18. The zero-order chi connectivity index (χ0) is 8.59. The second-order valence-electron chi connectivity index (χ2n) is 1.85. The molecule has 0 saturated carbocycles. The molecule has 0 heterocycles. The molecule has 60 valence electrons. The van der Waals surface area contributed by atoms with Crippen molar-refractivity contribution >= 4 is 31.9 Å². The Kier molecular flexibility index (Phi) is 2.39. The molecule has 0 amide bonds. The Bertz CT molecular complexity index is 275. The number of hydrogen-bond acceptors (Lipinski definition) is 2. The molecule has 0 spiro atoms. The Morgan fingerprint density at radius 1 is 1.09 bits per heavy atom. The van der Waals surface area contributed by atoms with E-state index in [9.17, 15) is 4.39 Å². The van der Waals surface area contributed by atoms with Gasteiger partial charge < -0.3 is 10.2 Å². The molecule has 0 fully saturated rings. The van der Waals surface area contributed by atoms with E-state index in [1.807, 2.05) is 0 Å². The Morgan fingerprint density at radius 3 is 1.82 bits per heavy atom. The van der Waals surface area contributed by atoms with Gasteiger partial charge in [0.15, 0.2) is 11.5 Å². The molecule has 0 unspecified atom stereocenters. The van der Waals surface area contributed by atoms with Gasteiger partial charge in [-0.25, -0.2) is 0 Å². The number of rotatable bonds is 0. The van der Waals surface area contributed by atoms with Gasteiger partial charge in [0, 0.05) is 0 Å². The van der Waals surface area contributed by atoms with Crippen molar-refractivity contribution in [3.8, 4) is 11.5 Å². The number of halogens is 3. The van der Waals surface area contributed by atoms with E-state index in [-0.39, 0.29) is 8.95 Å². The van der Waals surface area contributed by atoms with E-state index in [2.05, 4.69) is 31.9 Å². The summed E-state index contributed by atoms with van der Waals surface area (Å²) in [6.45, 7) is 0. The molecular formula is C6H3Br2FO2. The molecule has 0 atom stereocenters. The quantitative estimate of drug-likeness (QED) is 0.769. The minimum Gasteiger partial charge on any atom is -0.504 e. The Hall–Kier alpha value is -0.290. The summed E-state index contributed by atoms with van der Waals surface area (Å²) >= 11 is 5.80. The first-order chi connectivity index (χ1) is 5.04. The molecule has 0 aliphatic carbocycles. The van der Waals surface area contributed by atoms with Gasteiger partial charge in [0.2, 0.25) is 5.82 Å². The van der Waals surface area contributed by atoms with Gasteiger partial charge >= 0.3 is 0 Å². The van der Waals surface area contributed by atoms with Gasteiger partial charge in [-0.1, -0.05) is 0 Å². The van der Waals surface area contributed by atoms with Crippen LogP contribution >= 0.6 is 31.9 Å². The second kappa shape index (κ2) is 2.98. The zero-order valence-electron chi connectivity index (χ0n) is 5.11. The molecule has 1 aromatic carbocycles. The summed E-state index contributed by atoms with van der Waals surface area (Å²) in [4.78, 5) is 0. The summed E-state index contributed by atoms with van der Waals surface area (Å²) in [5.74, 6) is -2.22. The lowest BCUT2D eigenvalue weighted by atomic mass is 10.3. The van der Waals surface area contributed by atoms with Crippen LogP contribution in [0, 0.1) is 5.82 Å². The highest BCUT2D eigenvalue weighted by molar-refractivity contribution is 9.11. The van der Waals surface area contributed by atoms with Crippen molar-refractivity contribution in [2.75, 3.05) is 0 Å². The zero-order valence-corrected chi connectivity index (χ0v) is 8.28. The maximum atomic E-state index is 12.7. The van der Waals surface area contributed by atoms with Gasteiger partial charge in [-0.15, -0.1) is 0 Å². The van der Waals surface area contributed by atoms with Crippen molar-refractivity contribution in [1.29, 1.82) is 0 Å². The summed E-state index contributed by atoms with van der Waals surface area (Å²) in [5, 5.41) is 17.8. The standard InChI is InChI=1S/C6H3Br2FO2/c7-2-1-3(8)6(11)4(9)5(2)10/h1,10-11H. The molecule has 2 nitrogen and oxygen atoms in total. The lowest BCUT2D eigenvalue weighted by molar-refractivity contribution is 0.385. The number of phenols is 2. The van der Waals surface area contributed by atoms with Crippen LogP contribution in [0.4, 0.5) is 4.39 Å². The van der Waals surface area contributed by atoms with Gasteiger partial charge in [0.05, 0.1) is 8.95 Å². The SMILES string of the molecule is Oc1c(Br)cc(Br)c(O)c1F. The summed E-state index contributed by atoms with van der Waals surface area (Å²) in [5.41, 5.74) is 0. The van der Waals surface area contributed by atoms with Crippen LogP contribution in [0.15, 0.2) is 15.0 Å². The minimum atomic E-state index is -1.04. The molecule has 11 heavy (non-hydrogen) atoms. The molecule has 2 N–H and O–H groups in total. The molecule has 0 aliphatic rings. The molecule has 5 heteroatoms. The third kappa shape index (κ3) is 1.49. The maximum Gasteiger partial charge on any atom is 0.208 e. The lowest BCUT2D eigenvalue weighted by Crippen LogP contribution is -1.80. The van der Waals surface area contributed by atoms with E-state index < -0.39 is 17.3 Å². The van der Waals surface area contributed by atoms with E-state index in [1.165, 1.54) is 6.07 Å². The van der Waals surface area contributed by atoms with Crippen LogP contribution < -0.4 is 0 Å². The number of aromatic hydroxyl groups is 2. The van der Waals surface area contributed by atoms with E-state index in [0.29, 0.717) is 0 Å². The van der Waals surface area contributed by atoms with Gasteiger partial charge in [0.1, 0.15) is 0 Å².